The highest BCUT2D eigenvalue weighted by molar-refractivity contribution is 7.99. The highest BCUT2D eigenvalue weighted by atomic mass is 32.2. The van der Waals surface area contributed by atoms with Crippen LogP contribution in [0.4, 0.5) is 0 Å². The third-order valence-corrected chi connectivity index (χ3v) is 1.53. The van der Waals surface area contributed by atoms with E-state index >= 15 is 0 Å². The van der Waals surface area contributed by atoms with Crippen LogP contribution in [0.3, 0.4) is 0 Å². The minimum atomic E-state index is 0.171. The molecule has 2 heteroatoms. The summed E-state index contributed by atoms with van der Waals surface area (Å²) in [5.41, 5.74) is 0. The summed E-state index contributed by atoms with van der Waals surface area (Å²) >= 11 is 1.85. The molecule has 0 saturated heterocycles. The summed E-state index contributed by atoms with van der Waals surface area (Å²) in [6.45, 7) is 2.29. The fourth-order valence-corrected chi connectivity index (χ4v) is 0.836. The zero-order valence-electron chi connectivity index (χ0n) is 5.13. The molecule has 0 aromatic heterocycles. The van der Waals surface area contributed by atoms with Gasteiger partial charge in [0.05, 0.1) is 6.61 Å². The number of thioether (sulfide) groups is 1. The van der Waals surface area contributed by atoms with Gasteiger partial charge in [-0.2, -0.15) is 11.8 Å². The smallest absolute Gasteiger partial charge is 0.0612 e. The SMILES string of the molecule is CCSCC=CCO. The molecule has 0 radical (unpaired) electrons. The number of rotatable bonds is 4. The molecule has 48 valence electrons. The first-order chi connectivity index (χ1) is 3.91. The Morgan fingerprint density at radius 2 is 2.25 bits per heavy atom. The molecule has 0 aliphatic carbocycles. The molecule has 1 nitrogen and oxygen atoms in total. The van der Waals surface area contributed by atoms with Gasteiger partial charge < -0.3 is 5.11 Å². The van der Waals surface area contributed by atoms with Crippen LogP contribution in [0.1, 0.15) is 6.92 Å². The van der Waals surface area contributed by atoms with Gasteiger partial charge in [-0.05, 0) is 5.75 Å². The van der Waals surface area contributed by atoms with Crippen LogP contribution in [0.2, 0.25) is 0 Å². The zero-order chi connectivity index (χ0) is 6.24. The number of hydrogen-bond donors (Lipinski definition) is 1. The summed E-state index contributed by atoms with van der Waals surface area (Å²) in [5.74, 6) is 2.17. The molecule has 0 aromatic rings. The Morgan fingerprint density at radius 1 is 1.50 bits per heavy atom. The second kappa shape index (κ2) is 7.05. The quantitative estimate of drug-likeness (QED) is 0.459. The van der Waals surface area contributed by atoms with Gasteiger partial charge in [0.25, 0.3) is 0 Å². The van der Waals surface area contributed by atoms with E-state index in [1.165, 1.54) is 0 Å². The fraction of sp³-hybridized carbons (Fsp3) is 0.667. The standard InChI is InChI=1S/C6H12OS/c1-2-8-6-4-3-5-7/h3-4,7H,2,5-6H2,1H3. The van der Waals surface area contributed by atoms with E-state index in [0.717, 1.165) is 11.5 Å². The minimum absolute atomic E-state index is 0.171. The molecule has 0 fully saturated rings. The van der Waals surface area contributed by atoms with Crippen LogP contribution in [0.5, 0.6) is 0 Å². The average molecular weight is 132 g/mol. The van der Waals surface area contributed by atoms with Gasteiger partial charge in [0.2, 0.25) is 0 Å². The predicted molar refractivity (Wildman–Crippen MR) is 39.2 cm³/mol. The van der Waals surface area contributed by atoms with E-state index in [2.05, 4.69) is 6.92 Å². The third kappa shape index (κ3) is 6.05. The van der Waals surface area contributed by atoms with Gasteiger partial charge in [0.1, 0.15) is 0 Å². The zero-order valence-corrected chi connectivity index (χ0v) is 5.95. The van der Waals surface area contributed by atoms with E-state index in [0.29, 0.717) is 0 Å². The van der Waals surface area contributed by atoms with Crippen molar-refractivity contribution >= 4 is 11.8 Å². The maximum atomic E-state index is 8.27. The molecule has 0 rings (SSSR count). The van der Waals surface area contributed by atoms with Crippen LogP contribution in [-0.2, 0) is 0 Å². The molecule has 0 amide bonds. The van der Waals surface area contributed by atoms with Gasteiger partial charge in [0, 0.05) is 5.75 Å². The first-order valence-corrected chi connectivity index (χ1v) is 3.91. The van der Waals surface area contributed by atoms with Gasteiger partial charge in [-0.15, -0.1) is 0 Å². The molecule has 1 N–H and O–H groups in total. The van der Waals surface area contributed by atoms with Gasteiger partial charge in [-0.25, -0.2) is 0 Å². The van der Waals surface area contributed by atoms with Crippen molar-refractivity contribution in [3.8, 4) is 0 Å². The van der Waals surface area contributed by atoms with Crippen LogP contribution in [-0.4, -0.2) is 23.2 Å². The monoisotopic (exact) mass is 132 g/mol. The molecule has 8 heavy (non-hydrogen) atoms. The molecule has 0 aliphatic rings. The predicted octanol–water partition coefficient (Wildman–Crippen LogP) is 1.29. The fourth-order valence-electron chi connectivity index (χ4n) is 0.328. The van der Waals surface area contributed by atoms with E-state index in [9.17, 15) is 0 Å². The van der Waals surface area contributed by atoms with E-state index in [-0.39, 0.29) is 6.61 Å². The van der Waals surface area contributed by atoms with E-state index in [4.69, 9.17) is 5.11 Å². The Labute approximate surface area is 54.8 Å². The molecule has 0 atom stereocenters. The highest BCUT2D eigenvalue weighted by Crippen LogP contribution is 1.96. The van der Waals surface area contributed by atoms with Crippen molar-refractivity contribution in [2.45, 2.75) is 6.92 Å². The lowest BCUT2D eigenvalue weighted by Gasteiger charge is -1.86. The van der Waals surface area contributed by atoms with Crippen molar-refractivity contribution in [3.63, 3.8) is 0 Å². The Balaban J connectivity index is 2.80. The van der Waals surface area contributed by atoms with Crippen LogP contribution in [0, 0.1) is 0 Å². The van der Waals surface area contributed by atoms with E-state index in [1.54, 1.807) is 6.08 Å². The summed E-state index contributed by atoms with van der Waals surface area (Å²) in [7, 11) is 0. The molecule has 0 spiro atoms. The summed E-state index contributed by atoms with van der Waals surface area (Å²) in [4.78, 5) is 0. The van der Waals surface area contributed by atoms with E-state index in [1.807, 2.05) is 17.8 Å². The normalized spacial score (nSPS) is 10.8. The lowest BCUT2D eigenvalue weighted by molar-refractivity contribution is 0.342. The Bertz CT molecular complexity index is 61.5. The van der Waals surface area contributed by atoms with Crippen LogP contribution in [0.25, 0.3) is 0 Å². The maximum Gasteiger partial charge on any atom is 0.0612 e. The van der Waals surface area contributed by atoms with Crippen molar-refractivity contribution in [2.75, 3.05) is 18.1 Å². The molecular formula is C6H12OS. The first-order valence-electron chi connectivity index (χ1n) is 2.75. The van der Waals surface area contributed by atoms with Gasteiger partial charge in [0.15, 0.2) is 0 Å². The number of aliphatic hydroxyl groups is 1. The summed E-state index contributed by atoms with van der Waals surface area (Å²) in [6, 6.07) is 0. The molecule has 0 unspecified atom stereocenters. The molecule has 0 aliphatic heterocycles. The summed E-state index contributed by atoms with van der Waals surface area (Å²) in [5, 5.41) is 8.27. The topological polar surface area (TPSA) is 20.2 Å². The highest BCUT2D eigenvalue weighted by Gasteiger charge is 1.74. The van der Waals surface area contributed by atoms with Crippen molar-refractivity contribution in [1.82, 2.24) is 0 Å². The summed E-state index contributed by atoms with van der Waals surface area (Å²) < 4.78 is 0. The van der Waals surface area contributed by atoms with Crippen LogP contribution >= 0.6 is 11.8 Å². The lowest BCUT2D eigenvalue weighted by Crippen LogP contribution is -1.74. The van der Waals surface area contributed by atoms with Crippen molar-refractivity contribution < 1.29 is 5.11 Å². The molecule has 0 heterocycles. The van der Waals surface area contributed by atoms with Gasteiger partial charge in [-0.3, -0.25) is 0 Å². The third-order valence-electron chi connectivity index (χ3n) is 0.690. The van der Waals surface area contributed by atoms with Crippen LogP contribution in [0.15, 0.2) is 12.2 Å². The second-order valence-corrected chi connectivity index (χ2v) is 2.63. The molecule has 0 aromatic carbocycles. The average Bonchev–Trinajstić information content (AvgIpc) is 1.81. The Morgan fingerprint density at radius 3 is 2.75 bits per heavy atom. The van der Waals surface area contributed by atoms with Gasteiger partial charge >= 0.3 is 0 Å². The molecular weight excluding hydrogens is 120 g/mol. The van der Waals surface area contributed by atoms with Crippen molar-refractivity contribution in [1.29, 1.82) is 0 Å². The minimum Gasteiger partial charge on any atom is -0.392 e. The largest absolute Gasteiger partial charge is 0.392 e. The Hall–Kier alpha value is 0.0500. The maximum absolute atomic E-state index is 8.27. The molecule has 0 saturated carbocycles. The first kappa shape index (κ1) is 8.05. The number of aliphatic hydroxyl groups excluding tert-OH is 1. The lowest BCUT2D eigenvalue weighted by atomic mass is 10.6. The molecule has 0 bridgehead atoms. The second-order valence-electron chi connectivity index (χ2n) is 1.31. The number of hydrogen-bond acceptors (Lipinski definition) is 2. The van der Waals surface area contributed by atoms with E-state index < -0.39 is 0 Å². The van der Waals surface area contributed by atoms with Crippen molar-refractivity contribution in [2.24, 2.45) is 0 Å². The summed E-state index contributed by atoms with van der Waals surface area (Å²) in [6.07, 6.45) is 3.75. The van der Waals surface area contributed by atoms with Gasteiger partial charge in [-0.1, -0.05) is 19.1 Å². The van der Waals surface area contributed by atoms with Crippen molar-refractivity contribution in [3.05, 3.63) is 12.2 Å². The Kier molecular flexibility index (Phi) is 7.09. The van der Waals surface area contributed by atoms with Crippen LogP contribution < -0.4 is 0 Å².